The zero-order chi connectivity index (χ0) is 16.9. The number of hydrogen-bond donors (Lipinski definition) is 1. The van der Waals surface area contributed by atoms with Crippen LogP contribution in [0.2, 0.25) is 5.02 Å². The van der Waals surface area contributed by atoms with Crippen LogP contribution >= 0.6 is 22.9 Å². The first kappa shape index (κ1) is 17.1. The van der Waals surface area contributed by atoms with Crippen molar-refractivity contribution in [3.05, 3.63) is 34.3 Å². The summed E-state index contributed by atoms with van der Waals surface area (Å²) in [6, 6.07) is 7.82. The van der Waals surface area contributed by atoms with Crippen LogP contribution in [0.5, 0.6) is 0 Å². The zero-order valence-electron chi connectivity index (χ0n) is 13.4. The van der Waals surface area contributed by atoms with E-state index in [1.165, 1.54) is 11.3 Å². The van der Waals surface area contributed by atoms with E-state index in [1.54, 1.807) is 7.11 Å². The molecular formula is C16H19ClN4O2S. The molecule has 3 rings (SSSR count). The summed E-state index contributed by atoms with van der Waals surface area (Å²) < 4.78 is 5.01. The lowest BCUT2D eigenvalue weighted by Gasteiger charge is -2.32. The molecule has 128 valence electrons. The minimum Gasteiger partial charge on any atom is -0.377 e. The molecule has 1 amide bonds. The van der Waals surface area contributed by atoms with Gasteiger partial charge in [-0.3, -0.25) is 4.79 Å². The molecular weight excluding hydrogens is 348 g/mol. The molecule has 1 aliphatic rings. The monoisotopic (exact) mass is 366 g/mol. The van der Waals surface area contributed by atoms with Gasteiger partial charge in [-0.15, -0.1) is 10.2 Å². The van der Waals surface area contributed by atoms with Crippen molar-refractivity contribution in [2.45, 2.75) is 19.4 Å². The van der Waals surface area contributed by atoms with Gasteiger partial charge in [-0.2, -0.15) is 0 Å². The molecule has 2 aromatic rings. The van der Waals surface area contributed by atoms with Crippen molar-refractivity contribution in [3.8, 4) is 0 Å². The summed E-state index contributed by atoms with van der Waals surface area (Å²) in [7, 11) is 1.60. The maximum atomic E-state index is 12.4. The lowest BCUT2D eigenvalue weighted by molar-refractivity contribution is -0.120. The summed E-state index contributed by atoms with van der Waals surface area (Å²) in [5.41, 5.74) is 1.11. The molecule has 0 atom stereocenters. The molecule has 0 saturated carbocycles. The van der Waals surface area contributed by atoms with Crippen LogP contribution in [0, 0.1) is 5.92 Å². The van der Waals surface area contributed by atoms with Gasteiger partial charge in [0, 0.05) is 36.8 Å². The molecule has 2 heterocycles. The first-order chi connectivity index (χ1) is 11.7. The number of carbonyl (C=O) groups is 1. The van der Waals surface area contributed by atoms with Crippen molar-refractivity contribution in [3.63, 3.8) is 0 Å². The van der Waals surface area contributed by atoms with E-state index in [4.69, 9.17) is 16.3 Å². The van der Waals surface area contributed by atoms with Crippen LogP contribution < -0.4 is 10.2 Å². The Morgan fingerprint density at radius 2 is 2.21 bits per heavy atom. The third-order valence-corrected chi connectivity index (χ3v) is 5.05. The van der Waals surface area contributed by atoms with Crippen LogP contribution in [0.4, 0.5) is 10.8 Å². The maximum Gasteiger partial charge on any atom is 0.229 e. The van der Waals surface area contributed by atoms with E-state index in [0.29, 0.717) is 11.7 Å². The molecule has 0 bridgehead atoms. The van der Waals surface area contributed by atoms with Gasteiger partial charge in [0.15, 0.2) is 0 Å². The summed E-state index contributed by atoms with van der Waals surface area (Å²) in [5, 5.41) is 12.8. The van der Waals surface area contributed by atoms with E-state index in [2.05, 4.69) is 20.4 Å². The Labute approximate surface area is 149 Å². The first-order valence-corrected chi connectivity index (χ1v) is 8.98. The van der Waals surface area contributed by atoms with Gasteiger partial charge in [0.25, 0.3) is 0 Å². The molecule has 0 spiro atoms. The molecule has 1 N–H and O–H groups in total. The highest BCUT2D eigenvalue weighted by molar-refractivity contribution is 7.15. The smallest absolute Gasteiger partial charge is 0.229 e. The Hall–Kier alpha value is -1.70. The second kappa shape index (κ2) is 7.92. The van der Waals surface area contributed by atoms with Crippen LogP contribution in [0.1, 0.15) is 17.8 Å². The largest absolute Gasteiger partial charge is 0.377 e. The topological polar surface area (TPSA) is 67.4 Å². The minimum absolute atomic E-state index is 0.00444. The molecule has 1 aliphatic heterocycles. The number of benzene rings is 1. The number of nitrogens with zero attached hydrogens (tertiary/aromatic N) is 3. The van der Waals surface area contributed by atoms with Crippen molar-refractivity contribution in [2.24, 2.45) is 5.92 Å². The number of halogens is 1. The van der Waals surface area contributed by atoms with Crippen LogP contribution in [0.25, 0.3) is 0 Å². The molecule has 0 radical (unpaired) electrons. The van der Waals surface area contributed by atoms with Crippen molar-refractivity contribution in [1.29, 1.82) is 0 Å². The number of methoxy groups -OCH3 is 1. The number of anilines is 2. The highest BCUT2D eigenvalue weighted by Gasteiger charge is 2.26. The SMILES string of the molecule is COCc1nnc(NC(=O)C2CCN(c3cccc(Cl)c3)CC2)s1. The Balaban J connectivity index is 1.53. The lowest BCUT2D eigenvalue weighted by atomic mass is 9.95. The number of rotatable bonds is 5. The minimum atomic E-state index is -0.00444. The van der Waals surface area contributed by atoms with Gasteiger partial charge in [-0.05, 0) is 31.0 Å². The molecule has 1 fully saturated rings. The number of ether oxygens (including phenoxy) is 1. The standard InChI is InChI=1S/C16H19ClN4O2S/c1-23-10-14-19-20-16(24-14)18-15(22)11-5-7-21(8-6-11)13-4-2-3-12(17)9-13/h2-4,9,11H,5-8,10H2,1H3,(H,18,20,22). The van der Waals surface area contributed by atoms with Crippen LogP contribution in [-0.4, -0.2) is 36.3 Å². The number of hydrogen-bond acceptors (Lipinski definition) is 6. The first-order valence-electron chi connectivity index (χ1n) is 7.78. The summed E-state index contributed by atoms with van der Waals surface area (Å²) in [6.07, 6.45) is 1.62. The molecule has 0 aliphatic carbocycles. The zero-order valence-corrected chi connectivity index (χ0v) is 14.9. The van der Waals surface area contributed by atoms with E-state index in [0.717, 1.165) is 41.6 Å². The fourth-order valence-electron chi connectivity index (χ4n) is 2.77. The highest BCUT2D eigenvalue weighted by Crippen LogP contribution is 2.26. The summed E-state index contributed by atoms with van der Waals surface area (Å²) >= 11 is 7.39. The predicted octanol–water partition coefficient (Wildman–Crippen LogP) is 3.19. The second-order valence-corrected chi connectivity index (χ2v) is 7.16. The molecule has 0 unspecified atom stereocenters. The van der Waals surface area contributed by atoms with Crippen LogP contribution in [0.15, 0.2) is 24.3 Å². The molecule has 1 aromatic carbocycles. The van der Waals surface area contributed by atoms with Gasteiger partial charge in [-0.25, -0.2) is 0 Å². The Morgan fingerprint density at radius 1 is 1.42 bits per heavy atom. The molecule has 1 aromatic heterocycles. The van der Waals surface area contributed by atoms with Gasteiger partial charge in [0.1, 0.15) is 11.6 Å². The predicted molar refractivity (Wildman–Crippen MR) is 95.6 cm³/mol. The molecule has 8 heteroatoms. The molecule has 6 nitrogen and oxygen atoms in total. The van der Waals surface area contributed by atoms with E-state index >= 15 is 0 Å². The lowest BCUT2D eigenvalue weighted by Crippen LogP contribution is -2.38. The fourth-order valence-corrected chi connectivity index (χ4v) is 3.67. The van der Waals surface area contributed by atoms with Gasteiger partial charge < -0.3 is 15.0 Å². The van der Waals surface area contributed by atoms with Gasteiger partial charge in [0.2, 0.25) is 11.0 Å². The summed E-state index contributed by atoms with van der Waals surface area (Å²) in [6.45, 7) is 2.08. The van der Waals surface area contributed by atoms with Gasteiger partial charge >= 0.3 is 0 Å². The van der Waals surface area contributed by atoms with Crippen LogP contribution in [0.3, 0.4) is 0 Å². The quantitative estimate of drug-likeness (QED) is 0.880. The number of piperidine rings is 1. The van der Waals surface area contributed by atoms with Crippen molar-refractivity contribution in [2.75, 3.05) is 30.4 Å². The molecule has 1 saturated heterocycles. The normalized spacial score (nSPS) is 15.5. The summed E-state index contributed by atoms with van der Waals surface area (Å²) in [4.78, 5) is 14.7. The number of nitrogens with one attached hydrogen (secondary N) is 1. The van der Waals surface area contributed by atoms with E-state index in [1.807, 2.05) is 24.3 Å². The highest BCUT2D eigenvalue weighted by atomic mass is 35.5. The maximum absolute atomic E-state index is 12.4. The Morgan fingerprint density at radius 3 is 2.92 bits per heavy atom. The second-order valence-electron chi connectivity index (χ2n) is 5.66. The third kappa shape index (κ3) is 4.23. The van der Waals surface area contributed by atoms with E-state index in [9.17, 15) is 4.79 Å². The average molecular weight is 367 g/mol. The van der Waals surface area contributed by atoms with Crippen molar-refractivity contribution >= 4 is 39.7 Å². The summed E-state index contributed by atoms with van der Waals surface area (Å²) in [5.74, 6) is 0.0103. The Bertz CT molecular complexity index is 701. The van der Waals surface area contributed by atoms with Gasteiger partial charge in [0.05, 0.1) is 0 Å². The third-order valence-electron chi connectivity index (χ3n) is 4.00. The average Bonchev–Trinajstić information content (AvgIpc) is 3.02. The van der Waals surface area contributed by atoms with Crippen LogP contribution in [-0.2, 0) is 16.1 Å². The van der Waals surface area contributed by atoms with Crippen molar-refractivity contribution < 1.29 is 9.53 Å². The molecule has 24 heavy (non-hydrogen) atoms. The number of amides is 1. The Kier molecular flexibility index (Phi) is 5.65. The van der Waals surface area contributed by atoms with Gasteiger partial charge in [-0.1, -0.05) is 29.0 Å². The number of carbonyl (C=O) groups excluding carboxylic acids is 1. The fraction of sp³-hybridized carbons (Fsp3) is 0.438. The number of aromatic nitrogens is 2. The van der Waals surface area contributed by atoms with Crippen molar-refractivity contribution in [1.82, 2.24) is 10.2 Å². The van der Waals surface area contributed by atoms with E-state index < -0.39 is 0 Å². The van der Waals surface area contributed by atoms with E-state index in [-0.39, 0.29) is 11.8 Å².